The topological polar surface area (TPSA) is 60.4 Å². The van der Waals surface area contributed by atoms with Crippen molar-refractivity contribution in [1.82, 2.24) is 0 Å². The molecule has 0 amide bonds. The van der Waals surface area contributed by atoms with Crippen molar-refractivity contribution in [2.75, 3.05) is 0 Å². The highest BCUT2D eigenvalue weighted by atomic mass is 16.5. The summed E-state index contributed by atoms with van der Waals surface area (Å²) < 4.78 is 5.84. The molecule has 198 valence electrons. The van der Waals surface area contributed by atoms with E-state index >= 15 is 0 Å². The van der Waals surface area contributed by atoms with E-state index in [0.717, 1.165) is 57.8 Å². The first kappa shape index (κ1) is 26.9. The van der Waals surface area contributed by atoms with E-state index < -0.39 is 0 Å². The summed E-state index contributed by atoms with van der Waals surface area (Å²) in [5.74, 6) is 1.99. The Hall–Kier alpha value is -1.19. The summed E-state index contributed by atoms with van der Waals surface area (Å²) in [4.78, 5) is 37.9. The van der Waals surface area contributed by atoms with Crippen LogP contribution in [0.3, 0.4) is 0 Å². The number of carbonyl (C=O) groups excluding carboxylic acids is 3. The average molecular weight is 487 g/mol. The lowest BCUT2D eigenvalue weighted by Crippen LogP contribution is -2.66. The fourth-order valence-corrected chi connectivity index (χ4v) is 10.0. The van der Waals surface area contributed by atoms with Gasteiger partial charge in [-0.2, -0.15) is 0 Å². The molecule has 0 aliphatic heterocycles. The summed E-state index contributed by atoms with van der Waals surface area (Å²) in [6, 6.07) is 0. The van der Waals surface area contributed by atoms with Gasteiger partial charge in [-0.1, -0.05) is 48.5 Å². The molecule has 4 heteroatoms. The van der Waals surface area contributed by atoms with Crippen molar-refractivity contribution < 1.29 is 19.1 Å². The SMILES string of the molecule is CC(=O)O[C@H]1CC[C@]2(C)[C@H]3CC[C@@H]4C(=O)C(CCC(=O)C(C)C)CC[C@@]4(C)[C@]3(C)CC[C@H]2C1(C)C. The second kappa shape index (κ2) is 8.98. The van der Waals surface area contributed by atoms with Gasteiger partial charge in [0.2, 0.25) is 0 Å². The minimum Gasteiger partial charge on any atom is -0.462 e. The van der Waals surface area contributed by atoms with E-state index in [1.807, 2.05) is 13.8 Å². The van der Waals surface area contributed by atoms with Crippen LogP contribution in [0, 0.1) is 51.2 Å². The highest BCUT2D eigenvalue weighted by Gasteiger charge is 2.68. The summed E-state index contributed by atoms with van der Waals surface area (Å²) in [5, 5.41) is 0. The maximum Gasteiger partial charge on any atom is 0.302 e. The number of hydrogen-bond donors (Lipinski definition) is 0. The monoisotopic (exact) mass is 486 g/mol. The van der Waals surface area contributed by atoms with Crippen LogP contribution in [0.4, 0.5) is 0 Å². The van der Waals surface area contributed by atoms with E-state index in [1.165, 1.54) is 6.92 Å². The van der Waals surface area contributed by atoms with Crippen LogP contribution in [0.5, 0.6) is 0 Å². The van der Waals surface area contributed by atoms with Crippen LogP contribution in [0.25, 0.3) is 0 Å². The Morgan fingerprint density at radius 2 is 1.54 bits per heavy atom. The van der Waals surface area contributed by atoms with Gasteiger partial charge in [0.05, 0.1) is 0 Å². The molecular weight excluding hydrogens is 436 g/mol. The third-order valence-electron chi connectivity index (χ3n) is 12.3. The number of Topliss-reactive ketones (excluding diaryl/α,β-unsaturated/α-hetero) is 2. The average Bonchev–Trinajstić information content (AvgIpc) is 2.75. The molecule has 0 aromatic rings. The fourth-order valence-electron chi connectivity index (χ4n) is 10.0. The number of esters is 1. The van der Waals surface area contributed by atoms with E-state index in [9.17, 15) is 14.4 Å². The Kier molecular flexibility index (Phi) is 6.89. The standard InChI is InChI=1S/C31H50O4/c1-19(2)23(33)11-9-21-13-17-30(7)22(27(21)34)10-12-25-29(6)16-15-26(35-20(3)32)28(4,5)24(29)14-18-31(25,30)8/h19,21-22,24-26H,9-18H2,1-8H3/t21?,22-,24+,25-,26+,29+,30-,31-/m1/s1. The van der Waals surface area contributed by atoms with Gasteiger partial charge in [0.15, 0.2) is 0 Å². The van der Waals surface area contributed by atoms with Crippen LogP contribution < -0.4 is 0 Å². The Morgan fingerprint density at radius 3 is 2.17 bits per heavy atom. The van der Waals surface area contributed by atoms with Crippen LogP contribution in [-0.2, 0) is 19.1 Å². The second-order valence-electron chi connectivity index (χ2n) is 14.4. The normalized spacial score (nSPS) is 44.7. The van der Waals surface area contributed by atoms with Gasteiger partial charge >= 0.3 is 5.97 Å². The molecular formula is C31H50O4. The molecule has 35 heavy (non-hydrogen) atoms. The van der Waals surface area contributed by atoms with E-state index in [0.29, 0.717) is 29.8 Å². The minimum absolute atomic E-state index is 0.0000713. The Balaban J connectivity index is 1.57. The predicted molar refractivity (Wildman–Crippen MR) is 139 cm³/mol. The third kappa shape index (κ3) is 4.04. The summed E-state index contributed by atoms with van der Waals surface area (Å²) in [5.41, 5.74) is 0.370. The smallest absolute Gasteiger partial charge is 0.302 e. The molecule has 4 saturated carbocycles. The number of ketones is 2. The number of rotatable bonds is 5. The van der Waals surface area contributed by atoms with Crippen LogP contribution in [0.2, 0.25) is 0 Å². The fraction of sp³-hybridized carbons (Fsp3) is 0.903. The first-order chi connectivity index (χ1) is 16.2. The van der Waals surface area contributed by atoms with Gasteiger partial charge in [-0.15, -0.1) is 0 Å². The van der Waals surface area contributed by atoms with Crippen LogP contribution in [0.1, 0.15) is 120 Å². The largest absolute Gasteiger partial charge is 0.462 e. The lowest BCUT2D eigenvalue weighted by Gasteiger charge is -2.71. The molecule has 0 saturated heterocycles. The van der Waals surface area contributed by atoms with E-state index in [1.54, 1.807) is 0 Å². The molecule has 0 heterocycles. The van der Waals surface area contributed by atoms with Gasteiger partial charge in [0, 0.05) is 36.5 Å². The maximum absolute atomic E-state index is 13.8. The van der Waals surface area contributed by atoms with Crippen molar-refractivity contribution in [2.24, 2.45) is 51.2 Å². The summed E-state index contributed by atoms with van der Waals surface area (Å²) in [7, 11) is 0. The second-order valence-corrected chi connectivity index (χ2v) is 14.4. The summed E-state index contributed by atoms with van der Waals surface area (Å²) >= 11 is 0. The zero-order chi connectivity index (χ0) is 26.0. The van der Waals surface area contributed by atoms with Crippen molar-refractivity contribution in [1.29, 1.82) is 0 Å². The zero-order valence-corrected chi connectivity index (χ0v) is 23.7. The molecule has 0 aromatic carbocycles. The van der Waals surface area contributed by atoms with Gasteiger partial charge in [-0.25, -0.2) is 0 Å². The lowest BCUT2D eigenvalue weighted by atomic mass is 9.34. The first-order valence-electron chi connectivity index (χ1n) is 14.4. The number of carbonyl (C=O) groups is 3. The summed E-state index contributed by atoms with van der Waals surface area (Å²) in [6.45, 7) is 17.6. The molecule has 4 nitrogen and oxygen atoms in total. The highest BCUT2D eigenvalue weighted by Crippen LogP contribution is 2.74. The van der Waals surface area contributed by atoms with Gasteiger partial charge in [-0.05, 0) is 85.9 Å². The van der Waals surface area contributed by atoms with Crippen molar-refractivity contribution in [3.63, 3.8) is 0 Å². The molecule has 0 aromatic heterocycles. The number of hydrogen-bond acceptors (Lipinski definition) is 4. The van der Waals surface area contributed by atoms with E-state index in [2.05, 4.69) is 34.6 Å². The molecule has 0 spiro atoms. The van der Waals surface area contributed by atoms with Crippen molar-refractivity contribution >= 4 is 17.5 Å². The Morgan fingerprint density at radius 1 is 0.886 bits per heavy atom. The van der Waals surface area contributed by atoms with Crippen molar-refractivity contribution in [2.45, 2.75) is 126 Å². The maximum atomic E-state index is 13.8. The van der Waals surface area contributed by atoms with Crippen molar-refractivity contribution in [3.05, 3.63) is 0 Å². The Bertz CT molecular complexity index is 873. The molecule has 4 fully saturated rings. The van der Waals surface area contributed by atoms with Crippen LogP contribution in [-0.4, -0.2) is 23.6 Å². The first-order valence-corrected chi connectivity index (χ1v) is 14.4. The van der Waals surface area contributed by atoms with Gasteiger partial charge in [0.25, 0.3) is 0 Å². The predicted octanol–water partition coefficient (Wildman–Crippen LogP) is 7.18. The molecule has 4 aliphatic carbocycles. The Labute approximate surface area is 213 Å². The molecule has 1 unspecified atom stereocenters. The molecule has 8 atom stereocenters. The van der Waals surface area contributed by atoms with Crippen LogP contribution >= 0.6 is 0 Å². The van der Waals surface area contributed by atoms with Crippen LogP contribution in [0.15, 0.2) is 0 Å². The molecule has 0 radical (unpaired) electrons. The lowest BCUT2D eigenvalue weighted by molar-refractivity contribution is -0.233. The zero-order valence-electron chi connectivity index (χ0n) is 23.7. The van der Waals surface area contributed by atoms with E-state index in [4.69, 9.17) is 4.74 Å². The van der Waals surface area contributed by atoms with Crippen molar-refractivity contribution in [3.8, 4) is 0 Å². The third-order valence-corrected chi connectivity index (χ3v) is 12.3. The molecule has 4 rings (SSSR count). The molecule has 0 N–H and O–H groups in total. The number of ether oxygens (including phenoxy) is 1. The summed E-state index contributed by atoms with van der Waals surface area (Å²) in [6.07, 6.45) is 9.83. The quantitative estimate of drug-likeness (QED) is 0.386. The number of fused-ring (bicyclic) bond motifs is 5. The van der Waals surface area contributed by atoms with Gasteiger partial charge in [0.1, 0.15) is 17.7 Å². The molecule has 4 aliphatic rings. The minimum atomic E-state index is -0.161. The van der Waals surface area contributed by atoms with E-state index in [-0.39, 0.29) is 51.5 Å². The highest BCUT2D eigenvalue weighted by molar-refractivity contribution is 5.86. The molecule has 0 bridgehead atoms. The van der Waals surface area contributed by atoms with Gasteiger partial charge in [-0.3, -0.25) is 14.4 Å². The van der Waals surface area contributed by atoms with Gasteiger partial charge < -0.3 is 4.74 Å².